The van der Waals surface area contributed by atoms with Crippen LogP contribution in [0.15, 0.2) is 24.8 Å². The molecule has 1 unspecified atom stereocenters. The second-order valence-corrected chi connectivity index (χ2v) is 4.45. The second-order valence-electron chi connectivity index (χ2n) is 4.45. The number of methoxy groups -OCH3 is 1. The highest BCUT2D eigenvalue weighted by Gasteiger charge is 2.34. The first-order valence-electron chi connectivity index (χ1n) is 5.98. The van der Waals surface area contributed by atoms with E-state index in [0.29, 0.717) is 0 Å². The summed E-state index contributed by atoms with van der Waals surface area (Å²) in [6.45, 7) is 3.74. The van der Waals surface area contributed by atoms with Crippen molar-refractivity contribution < 1.29 is 23.1 Å². The van der Waals surface area contributed by atoms with Crippen molar-refractivity contribution in [3.8, 4) is 0 Å². The van der Waals surface area contributed by atoms with E-state index in [-0.39, 0.29) is 30.5 Å². The number of carbonyl (C=O) groups excluding carboxylic acids is 2. The molecule has 1 saturated heterocycles. The first-order chi connectivity index (χ1) is 9.49. The summed E-state index contributed by atoms with van der Waals surface area (Å²) < 4.78 is 32.2. The predicted molar refractivity (Wildman–Crippen MR) is 68.4 cm³/mol. The number of amides is 1. The minimum Gasteiger partial charge on any atom is -0.465 e. The van der Waals surface area contributed by atoms with Crippen LogP contribution in [0.3, 0.4) is 0 Å². The molecule has 4 nitrogen and oxygen atoms in total. The minimum absolute atomic E-state index is 0.153. The van der Waals surface area contributed by atoms with Crippen LogP contribution in [-0.4, -0.2) is 25.5 Å². The Hall–Kier alpha value is -2.24. The van der Waals surface area contributed by atoms with E-state index in [4.69, 9.17) is 0 Å². The Kier molecular flexibility index (Phi) is 3.83. The number of esters is 1. The molecule has 20 heavy (non-hydrogen) atoms. The molecule has 1 aliphatic rings. The van der Waals surface area contributed by atoms with E-state index >= 15 is 0 Å². The average molecular weight is 281 g/mol. The van der Waals surface area contributed by atoms with Crippen LogP contribution < -0.4 is 4.90 Å². The summed E-state index contributed by atoms with van der Waals surface area (Å²) in [5, 5.41) is 0. The number of rotatable bonds is 3. The molecule has 1 aromatic carbocycles. The van der Waals surface area contributed by atoms with E-state index in [1.165, 1.54) is 0 Å². The Morgan fingerprint density at radius 2 is 2.10 bits per heavy atom. The molecule has 0 aromatic heterocycles. The Morgan fingerprint density at radius 3 is 2.65 bits per heavy atom. The monoisotopic (exact) mass is 281 g/mol. The topological polar surface area (TPSA) is 46.6 Å². The van der Waals surface area contributed by atoms with Crippen molar-refractivity contribution in [3.63, 3.8) is 0 Å². The lowest BCUT2D eigenvalue weighted by atomic mass is 10.1. The van der Waals surface area contributed by atoms with Crippen molar-refractivity contribution in [2.75, 3.05) is 18.6 Å². The highest BCUT2D eigenvalue weighted by Crippen LogP contribution is 2.32. The van der Waals surface area contributed by atoms with Crippen LogP contribution in [0.25, 0.3) is 0 Å². The number of nitrogens with zero attached hydrogens (tertiary/aromatic N) is 1. The Bertz CT molecular complexity index is 586. The zero-order valence-electron chi connectivity index (χ0n) is 10.9. The van der Waals surface area contributed by atoms with Gasteiger partial charge in [-0.15, -0.1) is 6.58 Å². The van der Waals surface area contributed by atoms with Crippen molar-refractivity contribution in [2.45, 2.75) is 6.42 Å². The van der Waals surface area contributed by atoms with E-state index in [9.17, 15) is 18.4 Å². The molecule has 0 bridgehead atoms. The average Bonchev–Trinajstić information content (AvgIpc) is 2.81. The maximum absolute atomic E-state index is 14.0. The first kappa shape index (κ1) is 14.2. The molecular formula is C14H13F2NO3. The summed E-state index contributed by atoms with van der Waals surface area (Å²) in [4.78, 5) is 24.6. The lowest BCUT2D eigenvalue weighted by molar-refractivity contribution is -0.117. The SMILES string of the molecule is C=CC1CC(=O)N(c2c(F)ccc(F)c2C(=O)OC)C1. The van der Waals surface area contributed by atoms with Crippen LogP contribution in [-0.2, 0) is 9.53 Å². The van der Waals surface area contributed by atoms with Gasteiger partial charge in [0.15, 0.2) is 0 Å². The van der Waals surface area contributed by atoms with Gasteiger partial charge >= 0.3 is 5.97 Å². The fraction of sp³-hybridized carbons (Fsp3) is 0.286. The maximum atomic E-state index is 14.0. The van der Waals surface area contributed by atoms with E-state index in [2.05, 4.69) is 11.3 Å². The first-order valence-corrected chi connectivity index (χ1v) is 5.98. The Labute approximate surface area is 114 Å². The number of benzene rings is 1. The van der Waals surface area contributed by atoms with E-state index in [1.807, 2.05) is 0 Å². The largest absolute Gasteiger partial charge is 0.465 e. The van der Waals surface area contributed by atoms with Crippen molar-refractivity contribution in [3.05, 3.63) is 42.0 Å². The van der Waals surface area contributed by atoms with Crippen LogP contribution in [0, 0.1) is 17.6 Å². The molecule has 2 rings (SSSR count). The van der Waals surface area contributed by atoms with E-state index in [0.717, 1.165) is 24.1 Å². The highest BCUT2D eigenvalue weighted by molar-refractivity contribution is 6.04. The quantitative estimate of drug-likeness (QED) is 0.631. The molecular weight excluding hydrogens is 268 g/mol. The molecule has 0 radical (unpaired) electrons. The molecule has 0 saturated carbocycles. The fourth-order valence-corrected chi connectivity index (χ4v) is 2.21. The molecule has 1 aliphatic heterocycles. The molecule has 0 spiro atoms. The van der Waals surface area contributed by atoms with Gasteiger partial charge in [0, 0.05) is 18.9 Å². The summed E-state index contributed by atoms with van der Waals surface area (Å²) in [6, 6.07) is 1.71. The Morgan fingerprint density at radius 1 is 1.45 bits per heavy atom. The van der Waals surface area contributed by atoms with Gasteiger partial charge < -0.3 is 9.64 Å². The van der Waals surface area contributed by atoms with Crippen molar-refractivity contribution in [2.24, 2.45) is 5.92 Å². The third kappa shape index (κ3) is 2.29. The molecule has 1 fully saturated rings. The van der Waals surface area contributed by atoms with Crippen LogP contribution in [0.5, 0.6) is 0 Å². The van der Waals surface area contributed by atoms with Gasteiger partial charge in [-0.2, -0.15) is 0 Å². The summed E-state index contributed by atoms with van der Waals surface area (Å²) in [5.41, 5.74) is -0.934. The number of halogens is 2. The number of hydrogen-bond donors (Lipinski definition) is 0. The van der Waals surface area contributed by atoms with Crippen molar-refractivity contribution >= 4 is 17.6 Å². The van der Waals surface area contributed by atoms with Crippen LogP contribution in [0.4, 0.5) is 14.5 Å². The lowest BCUT2D eigenvalue weighted by Crippen LogP contribution is -2.28. The maximum Gasteiger partial charge on any atom is 0.343 e. The van der Waals surface area contributed by atoms with Crippen LogP contribution in [0.1, 0.15) is 16.8 Å². The fourth-order valence-electron chi connectivity index (χ4n) is 2.21. The van der Waals surface area contributed by atoms with Gasteiger partial charge in [0.2, 0.25) is 5.91 Å². The highest BCUT2D eigenvalue weighted by atomic mass is 19.1. The summed E-state index contributed by atoms with van der Waals surface area (Å²) in [7, 11) is 1.06. The van der Waals surface area contributed by atoms with Crippen LogP contribution >= 0.6 is 0 Å². The van der Waals surface area contributed by atoms with Gasteiger partial charge in [-0.05, 0) is 12.1 Å². The van der Waals surface area contributed by atoms with Crippen molar-refractivity contribution in [1.82, 2.24) is 0 Å². The van der Waals surface area contributed by atoms with Gasteiger partial charge in [-0.3, -0.25) is 4.79 Å². The molecule has 1 aromatic rings. The lowest BCUT2D eigenvalue weighted by Gasteiger charge is -2.20. The summed E-state index contributed by atoms with van der Waals surface area (Å²) in [6.07, 6.45) is 1.73. The van der Waals surface area contributed by atoms with Gasteiger partial charge in [0.05, 0.1) is 12.8 Å². The summed E-state index contributed by atoms with van der Waals surface area (Å²) >= 11 is 0. The smallest absolute Gasteiger partial charge is 0.343 e. The zero-order chi connectivity index (χ0) is 14.9. The minimum atomic E-state index is -1.02. The molecule has 6 heteroatoms. The zero-order valence-corrected chi connectivity index (χ0v) is 10.9. The third-order valence-corrected chi connectivity index (χ3v) is 3.23. The number of hydrogen-bond acceptors (Lipinski definition) is 3. The molecule has 0 N–H and O–H groups in total. The molecule has 1 heterocycles. The molecule has 1 amide bonds. The predicted octanol–water partition coefficient (Wildman–Crippen LogP) is 2.29. The molecule has 1 atom stereocenters. The van der Waals surface area contributed by atoms with E-state index in [1.54, 1.807) is 6.08 Å². The molecule has 0 aliphatic carbocycles. The van der Waals surface area contributed by atoms with Gasteiger partial charge in [0.25, 0.3) is 0 Å². The molecule has 106 valence electrons. The standard InChI is InChI=1S/C14H13F2NO3/c1-3-8-6-11(18)17(7-8)13-10(16)5-4-9(15)12(13)14(19)20-2/h3-5,8H,1,6-7H2,2H3. The number of anilines is 1. The number of ether oxygens (including phenoxy) is 1. The normalized spacial score (nSPS) is 18.2. The van der Waals surface area contributed by atoms with Crippen molar-refractivity contribution in [1.29, 1.82) is 0 Å². The summed E-state index contributed by atoms with van der Waals surface area (Å²) in [5.74, 6) is -3.33. The van der Waals surface area contributed by atoms with Gasteiger partial charge in [0.1, 0.15) is 17.2 Å². The van der Waals surface area contributed by atoms with E-state index < -0.39 is 23.2 Å². The number of carbonyl (C=O) groups is 2. The van der Waals surface area contributed by atoms with Gasteiger partial charge in [-0.25, -0.2) is 13.6 Å². The second kappa shape index (κ2) is 5.40. The van der Waals surface area contributed by atoms with Gasteiger partial charge in [-0.1, -0.05) is 6.08 Å². The third-order valence-electron chi connectivity index (χ3n) is 3.23. The Balaban J connectivity index is 2.56. The van der Waals surface area contributed by atoms with Crippen LogP contribution in [0.2, 0.25) is 0 Å².